The van der Waals surface area contributed by atoms with Crippen LogP contribution in [0.15, 0.2) is 47.5 Å². The maximum Gasteiger partial charge on any atom is 0.185 e. The number of aromatic nitrogens is 4. The molecule has 3 heterocycles. The molecule has 2 aromatic heterocycles. The third-order valence-electron chi connectivity index (χ3n) is 4.03. The van der Waals surface area contributed by atoms with Gasteiger partial charge in [-0.05, 0) is 12.1 Å². The minimum atomic E-state index is 0.770. The van der Waals surface area contributed by atoms with Gasteiger partial charge in [-0.3, -0.25) is 4.90 Å². The van der Waals surface area contributed by atoms with Crippen LogP contribution in [-0.2, 0) is 4.74 Å². The van der Waals surface area contributed by atoms with Gasteiger partial charge in [0.25, 0.3) is 0 Å². The smallest absolute Gasteiger partial charge is 0.185 e. The molecule has 0 aliphatic carbocycles. The van der Waals surface area contributed by atoms with Gasteiger partial charge >= 0.3 is 0 Å². The molecule has 3 aromatic rings. The molecule has 1 aliphatic heterocycles. The molecule has 0 N–H and O–H groups in total. The lowest BCUT2D eigenvalue weighted by molar-refractivity contribution is 0.0410. The minimum Gasteiger partial charge on any atom is -0.379 e. The highest BCUT2D eigenvalue weighted by Crippen LogP contribution is 2.20. The van der Waals surface area contributed by atoms with Gasteiger partial charge in [0.15, 0.2) is 11.5 Å². The first-order chi connectivity index (χ1) is 11.9. The van der Waals surface area contributed by atoms with Crippen LogP contribution < -0.4 is 0 Å². The number of thioether (sulfide) groups is 1. The molecule has 4 rings (SSSR count). The van der Waals surface area contributed by atoms with E-state index in [1.54, 1.807) is 11.8 Å². The Morgan fingerprint density at radius 3 is 2.67 bits per heavy atom. The van der Waals surface area contributed by atoms with Gasteiger partial charge in [0, 0.05) is 31.0 Å². The number of morpholine rings is 1. The molecule has 1 fully saturated rings. The Morgan fingerprint density at radius 1 is 1.00 bits per heavy atom. The fourth-order valence-electron chi connectivity index (χ4n) is 2.72. The number of benzene rings is 1. The van der Waals surface area contributed by atoms with Gasteiger partial charge in [0.05, 0.1) is 13.2 Å². The first-order valence-corrected chi connectivity index (χ1v) is 9.09. The molecule has 1 saturated heterocycles. The van der Waals surface area contributed by atoms with E-state index in [2.05, 4.69) is 15.1 Å². The van der Waals surface area contributed by atoms with Crippen molar-refractivity contribution in [3.8, 4) is 11.4 Å². The topological polar surface area (TPSA) is 55.5 Å². The second kappa shape index (κ2) is 7.29. The molecular formula is C17H19N5OS. The predicted octanol–water partition coefficient (Wildman–Crippen LogP) is 2.22. The Hall–Kier alpha value is -1.96. The van der Waals surface area contributed by atoms with Gasteiger partial charge in [-0.1, -0.05) is 30.3 Å². The molecule has 6 nitrogen and oxygen atoms in total. The van der Waals surface area contributed by atoms with Crippen LogP contribution in [0, 0.1) is 0 Å². The number of hydrogen-bond acceptors (Lipinski definition) is 6. The Morgan fingerprint density at radius 2 is 1.83 bits per heavy atom. The lowest BCUT2D eigenvalue weighted by Gasteiger charge is -2.26. The summed E-state index contributed by atoms with van der Waals surface area (Å²) < 4.78 is 7.21. The Kier molecular flexibility index (Phi) is 4.73. The average Bonchev–Trinajstić information content (AvgIpc) is 3.07. The lowest BCUT2D eigenvalue weighted by Crippen LogP contribution is -2.37. The van der Waals surface area contributed by atoms with E-state index in [-0.39, 0.29) is 0 Å². The molecule has 0 radical (unpaired) electrons. The lowest BCUT2D eigenvalue weighted by atomic mass is 10.2. The largest absolute Gasteiger partial charge is 0.379 e. The third-order valence-corrected chi connectivity index (χ3v) is 4.93. The zero-order chi connectivity index (χ0) is 16.2. The van der Waals surface area contributed by atoms with Crippen LogP contribution in [0.1, 0.15) is 0 Å². The van der Waals surface area contributed by atoms with Gasteiger partial charge in [0.2, 0.25) is 0 Å². The molecule has 0 spiro atoms. The van der Waals surface area contributed by atoms with E-state index < -0.39 is 0 Å². The van der Waals surface area contributed by atoms with E-state index in [0.717, 1.165) is 60.7 Å². The maximum atomic E-state index is 5.38. The quantitative estimate of drug-likeness (QED) is 0.663. The van der Waals surface area contributed by atoms with Crippen molar-refractivity contribution in [3.63, 3.8) is 0 Å². The highest BCUT2D eigenvalue weighted by atomic mass is 32.2. The number of nitrogens with zero attached hydrogens (tertiary/aromatic N) is 5. The summed E-state index contributed by atoms with van der Waals surface area (Å²) >= 11 is 1.77. The van der Waals surface area contributed by atoms with Crippen LogP contribution >= 0.6 is 11.8 Å². The highest BCUT2D eigenvalue weighted by molar-refractivity contribution is 7.99. The van der Waals surface area contributed by atoms with Crippen molar-refractivity contribution in [2.45, 2.75) is 5.03 Å². The number of hydrogen-bond donors (Lipinski definition) is 0. The Labute approximate surface area is 144 Å². The summed E-state index contributed by atoms with van der Waals surface area (Å²) in [5.74, 6) is 1.79. The summed E-state index contributed by atoms with van der Waals surface area (Å²) in [6.07, 6.45) is 0. The molecule has 0 bridgehead atoms. The van der Waals surface area contributed by atoms with E-state index in [4.69, 9.17) is 9.84 Å². The molecule has 0 unspecified atom stereocenters. The molecule has 24 heavy (non-hydrogen) atoms. The van der Waals surface area contributed by atoms with E-state index in [9.17, 15) is 0 Å². The van der Waals surface area contributed by atoms with E-state index in [1.807, 2.05) is 47.0 Å². The SMILES string of the molecule is c1ccc(-c2nnc3ccc(SCCN4CCOCC4)nn23)cc1. The molecule has 7 heteroatoms. The van der Waals surface area contributed by atoms with Crippen molar-refractivity contribution in [1.29, 1.82) is 0 Å². The summed E-state index contributed by atoms with van der Waals surface area (Å²) in [7, 11) is 0. The van der Waals surface area contributed by atoms with Gasteiger partial charge < -0.3 is 4.74 Å². The van der Waals surface area contributed by atoms with E-state index in [0.29, 0.717) is 0 Å². The molecule has 0 atom stereocenters. The molecule has 1 aromatic carbocycles. The second-order valence-electron chi connectivity index (χ2n) is 5.63. The van der Waals surface area contributed by atoms with E-state index >= 15 is 0 Å². The summed E-state index contributed by atoms with van der Waals surface area (Å²) in [6, 6.07) is 14.0. The minimum absolute atomic E-state index is 0.770. The zero-order valence-electron chi connectivity index (χ0n) is 13.3. The number of ether oxygens (including phenoxy) is 1. The highest BCUT2D eigenvalue weighted by Gasteiger charge is 2.12. The van der Waals surface area contributed by atoms with Crippen molar-refractivity contribution < 1.29 is 4.74 Å². The molecule has 0 amide bonds. The number of fused-ring (bicyclic) bond motifs is 1. The normalized spacial score (nSPS) is 15.8. The van der Waals surface area contributed by atoms with Crippen molar-refractivity contribution in [3.05, 3.63) is 42.5 Å². The van der Waals surface area contributed by atoms with Crippen LogP contribution in [-0.4, -0.2) is 63.3 Å². The Bertz CT molecular complexity index is 801. The van der Waals surface area contributed by atoms with Gasteiger partial charge in [-0.25, -0.2) is 0 Å². The molecular weight excluding hydrogens is 322 g/mol. The van der Waals surface area contributed by atoms with Gasteiger partial charge in [0.1, 0.15) is 5.03 Å². The van der Waals surface area contributed by atoms with Crippen molar-refractivity contribution in [1.82, 2.24) is 24.7 Å². The van der Waals surface area contributed by atoms with Crippen LogP contribution in [0.3, 0.4) is 0 Å². The third kappa shape index (κ3) is 3.43. The maximum absolute atomic E-state index is 5.38. The van der Waals surface area contributed by atoms with Gasteiger partial charge in [-0.15, -0.1) is 22.0 Å². The van der Waals surface area contributed by atoms with Crippen molar-refractivity contribution in [2.75, 3.05) is 38.6 Å². The zero-order valence-corrected chi connectivity index (χ0v) is 14.2. The first-order valence-electron chi connectivity index (χ1n) is 8.11. The fourth-order valence-corrected chi connectivity index (χ4v) is 3.58. The first kappa shape index (κ1) is 15.6. The van der Waals surface area contributed by atoms with Crippen LogP contribution in [0.25, 0.3) is 17.0 Å². The predicted molar refractivity (Wildman–Crippen MR) is 94.2 cm³/mol. The standard InChI is InChI=1S/C17H19N5OS/c1-2-4-14(5-3-1)17-19-18-15-6-7-16(20-22(15)17)24-13-10-21-8-11-23-12-9-21/h1-7H,8-13H2. The second-order valence-corrected chi connectivity index (χ2v) is 6.75. The molecule has 0 saturated carbocycles. The summed E-state index contributed by atoms with van der Waals surface area (Å²) in [5.41, 5.74) is 1.79. The molecule has 1 aliphatic rings. The average molecular weight is 341 g/mol. The number of rotatable bonds is 5. The molecule has 124 valence electrons. The summed E-state index contributed by atoms with van der Waals surface area (Å²) in [6.45, 7) is 4.79. The van der Waals surface area contributed by atoms with Crippen LogP contribution in [0.5, 0.6) is 0 Å². The summed E-state index contributed by atoms with van der Waals surface area (Å²) in [5, 5.41) is 14.2. The van der Waals surface area contributed by atoms with Gasteiger partial charge in [-0.2, -0.15) is 9.61 Å². The monoisotopic (exact) mass is 341 g/mol. The summed E-state index contributed by atoms with van der Waals surface area (Å²) in [4.78, 5) is 2.43. The van der Waals surface area contributed by atoms with Crippen molar-refractivity contribution in [2.24, 2.45) is 0 Å². The van der Waals surface area contributed by atoms with Crippen LogP contribution in [0.4, 0.5) is 0 Å². The van der Waals surface area contributed by atoms with Crippen molar-refractivity contribution >= 4 is 17.4 Å². The Balaban J connectivity index is 1.48. The van der Waals surface area contributed by atoms with E-state index in [1.165, 1.54) is 0 Å². The fraction of sp³-hybridized carbons (Fsp3) is 0.353. The van der Waals surface area contributed by atoms with Crippen LogP contribution in [0.2, 0.25) is 0 Å².